The van der Waals surface area contributed by atoms with Crippen molar-refractivity contribution >= 4 is 22.6 Å². The third-order valence-corrected chi connectivity index (χ3v) is 4.96. The fourth-order valence-corrected chi connectivity index (χ4v) is 3.69. The van der Waals surface area contributed by atoms with E-state index in [0.717, 1.165) is 37.1 Å². The predicted octanol–water partition coefficient (Wildman–Crippen LogP) is 3.08. The number of piperidine rings is 1. The molecule has 140 valence electrons. The van der Waals surface area contributed by atoms with E-state index in [1.54, 1.807) is 0 Å². The monoisotopic (exact) mass is 355 g/mol. The van der Waals surface area contributed by atoms with Crippen LogP contribution in [0.4, 0.5) is 0 Å². The Morgan fingerprint density at radius 1 is 1.12 bits per heavy atom. The van der Waals surface area contributed by atoms with Crippen molar-refractivity contribution in [1.82, 2.24) is 14.8 Å². The lowest BCUT2D eigenvalue weighted by Gasteiger charge is -2.26. The summed E-state index contributed by atoms with van der Waals surface area (Å²) in [4.78, 5) is 27.4. The molecule has 5 heteroatoms. The van der Waals surface area contributed by atoms with E-state index >= 15 is 0 Å². The van der Waals surface area contributed by atoms with Gasteiger partial charge < -0.3 is 14.8 Å². The van der Waals surface area contributed by atoms with E-state index in [4.69, 9.17) is 0 Å². The van der Waals surface area contributed by atoms with Crippen molar-refractivity contribution in [1.29, 1.82) is 0 Å². The Labute approximate surface area is 155 Å². The van der Waals surface area contributed by atoms with Gasteiger partial charge in [0.05, 0.1) is 5.56 Å². The highest BCUT2D eigenvalue weighted by molar-refractivity contribution is 6.45. The molecule has 1 N–H and O–H groups in total. The van der Waals surface area contributed by atoms with Gasteiger partial charge in [-0.2, -0.15) is 0 Å². The van der Waals surface area contributed by atoms with Crippen molar-refractivity contribution in [3.05, 3.63) is 36.0 Å². The molecule has 0 aliphatic carbocycles. The summed E-state index contributed by atoms with van der Waals surface area (Å²) in [7, 11) is 0. The second-order valence-corrected chi connectivity index (χ2v) is 7.59. The number of rotatable bonds is 7. The minimum Gasteiger partial charge on any atom is -0.348 e. The maximum absolute atomic E-state index is 12.7. The topological polar surface area (TPSA) is 54.3 Å². The van der Waals surface area contributed by atoms with Crippen LogP contribution in [0.2, 0.25) is 0 Å². The lowest BCUT2D eigenvalue weighted by atomic mass is 10.1. The standard InChI is InChI=1S/C21H29N3O2/c1-16(2)14-24-15-18(17-8-4-5-9-19(17)24)20(25)21(26)22-10-13-23-11-6-3-7-12-23/h4-5,8-9,15-16H,3,6-7,10-14H2,1-2H3,(H,22,26). The van der Waals surface area contributed by atoms with Crippen LogP contribution in [-0.4, -0.2) is 47.3 Å². The second-order valence-electron chi connectivity index (χ2n) is 7.59. The minimum atomic E-state index is -0.505. The quantitative estimate of drug-likeness (QED) is 0.613. The number of hydrogen-bond acceptors (Lipinski definition) is 3. The average Bonchev–Trinajstić information content (AvgIpc) is 3.00. The van der Waals surface area contributed by atoms with Gasteiger partial charge in [0.1, 0.15) is 0 Å². The Hall–Kier alpha value is -2.14. The van der Waals surface area contributed by atoms with Crippen molar-refractivity contribution in [2.45, 2.75) is 39.7 Å². The second kappa shape index (κ2) is 8.49. The first-order valence-corrected chi connectivity index (χ1v) is 9.69. The number of aromatic nitrogens is 1. The summed E-state index contributed by atoms with van der Waals surface area (Å²) in [6.45, 7) is 8.62. The van der Waals surface area contributed by atoms with Crippen LogP contribution in [0.3, 0.4) is 0 Å². The van der Waals surface area contributed by atoms with Gasteiger partial charge in [0.25, 0.3) is 11.7 Å². The highest BCUT2D eigenvalue weighted by atomic mass is 16.2. The van der Waals surface area contributed by atoms with E-state index in [2.05, 4.69) is 28.6 Å². The zero-order valence-corrected chi connectivity index (χ0v) is 15.8. The van der Waals surface area contributed by atoms with E-state index in [-0.39, 0.29) is 0 Å². The third kappa shape index (κ3) is 4.33. The summed E-state index contributed by atoms with van der Waals surface area (Å²) in [5.74, 6) is -0.482. The number of hydrogen-bond donors (Lipinski definition) is 1. The van der Waals surface area contributed by atoms with Gasteiger partial charge in [0.2, 0.25) is 0 Å². The SMILES string of the molecule is CC(C)Cn1cc(C(=O)C(=O)NCCN2CCCCC2)c2ccccc21. The highest BCUT2D eigenvalue weighted by Crippen LogP contribution is 2.23. The Morgan fingerprint density at radius 3 is 2.58 bits per heavy atom. The summed E-state index contributed by atoms with van der Waals surface area (Å²) in [6, 6.07) is 7.79. The maximum atomic E-state index is 12.7. The molecule has 1 aliphatic rings. The molecule has 3 rings (SSSR count). The lowest BCUT2D eigenvalue weighted by Crippen LogP contribution is -2.39. The molecular weight excluding hydrogens is 326 g/mol. The van der Waals surface area contributed by atoms with Gasteiger partial charge in [-0.1, -0.05) is 38.5 Å². The third-order valence-electron chi connectivity index (χ3n) is 4.96. The van der Waals surface area contributed by atoms with E-state index in [9.17, 15) is 9.59 Å². The van der Waals surface area contributed by atoms with Crippen LogP contribution in [0.15, 0.2) is 30.5 Å². The van der Waals surface area contributed by atoms with Gasteiger partial charge in [-0.15, -0.1) is 0 Å². The van der Waals surface area contributed by atoms with Crippen LogP contribution in [0, 0.1) is 5.92 Å². The first kappa shape index (κ1) is 18.6. The molecule has 5 nitrogen and oxygen atoms in total. The molecule has 2 heterocycles. The van der Waals surface area contributed by atoms with Crippen LogP contribution in [-0.2, 0) is 11.3 Å². The van der Waals surface area contributed by atoms with E-state index in [1.165, 1.54) is 19.3 Å². The molecule has 1 amide bonds. The molecule has 1 saturated heterocycles. The largest absolute Gasteiger partial charge is 0.348 e. The van der Waals surface area contributed by atoms with Crippen molar-refractivity contribution < 1.29 is 9.59 Å². The molecule has 26 heavy (non-hydrogen) atoms. The van der Waals surface area contributed by atoms with E-state index < -0.39 is 11.7 Å². The first-order chi connectivity index (χ1) is 12.6. The van der Waals surface area contributed by atoms with Crippen LogP contribution in [0.1, 0.15) is 43.5 Å². The zero-order chi connectivity index (χ0) is 18.5. The molecule has 0 radical (unpaired) electrons. The van der Waals surface area contributed by atoms with Gasteiger partial charge in [-0.25, -0.2) is 0 Å². The molecule has 0 atom stereocenters. The summed E-state index contributed by atoms with van der Waals surface area (Å²) >= 11 is 0. The molecule has 1 aromatic carbocycles. The first-order valence-electron chi connectivity index (χ1n) is 9.69. The molecule has 1 fully saturated rings. The molecular formula is C21H29N3O2. The van der Waals surface area contributed by atoms with Gasteiger partial charge in [0.15, 0.2) is 0 Å². The van der Waals surface area contributed by atoms with Crippen LogP contribution < -0.4 is 5.32 Å². The Balaban J connectivity index is 1.67. The van der Waals surface area contributed by atoms with Crippen molar-refractivity contribution in [3.8, 4) is 0 Å². The number of para-hydroxylation sites is 1. The normalized spacial score (nSPS) is 15.5. The van der Waals surface area contributed by atoms with Crippen molar-refractivity contribution in [2.75, 3.05) is 26.2 Å². The van der Waals surface area contributed by atoms with Crippen LogP contribution in [0.5, 0.6) is 0 Å². The fourth-order valence-electron chi connectivity index (χ4n) is 3.69. The molecule has 1 aliphatic heterocycles. The number of carbonyl (C=O) groups is 2. The number of carbonyl (C=O) groups excluding carboxylic acids is 2. The summed E-state index contributed by atoms with van der Waals surface area (Å²) in [5.41, 5.74) is 1.50. The smallest absolute Gasteiger partial charge is 0.292 e. The Morgan fingerprint density at radius 2 is 1.85 bits per heavy atom. The minimum absolute atomic E-state index is 0.442. The highest BCUT2D eigenvalue weighted by Gasteiger charge is 2.21. The summed E-state index contributed by atoms with van der Waals surface area (Å²) in [5, 5.41) is 3.65. The number of amides is 1. The molecule has 2 aromatic rings. The van der Waals surface area contributed by atoms with Gasteiger partial charge in [-0.05, 0) is 37.9 Å². The van der Waals surface area contributed by atoms with Gasteiger partial charge >= 0.3 is 0 Å². The van der Waals surface area contributed by atoms with Crippen LogP contribution in [0.25, 0.3) is 10.9 Å². The van der Waals surface area contributed by atoms with E-state index in [1.807, 2.05) is 30.5 Å². The number of likely N-dealkylation sites (tertiary alicyclic amines) is 1. The molecule has 0 spiro atoms. The van der Waals surface area contributed by atoms with Gasteiger partial charge in [0, 0.05) is 36.7 Å². The molecule has 0 bridgehead atoms. The lowest BCUT2D eigenvalue weighted by molar-refractivity contribution is -0.117. The summed E-state index contributed by atoms with van der Waals surface area (Å²) in [6.07, 6.45) is 5.57. The number of ketones is 1. The number of nitrogens with zero attached hydrogens (tertiary/aromatic N) is 2. The van der Waals surface area contributed by atoms with Gasteiger partial charge in [-0.3, -0.25) is 9.59 Å². The molecule has 0 saturated carbocycles. The average molecular weight is 355 g/mol. The maximum Gasteiger partial charge on any atom is 0.292 e. The van der Waals surface area contributed by atoms with Crippen LogP contribution >= 0.6 is 0 Å². The fraction of sp³-hybridized carbons (Fsp3) is 0.524. The Bertz CT molecular complexity index is 773. The van der Waals surface area contributed by atoms with Crippen molar-refractivity contribution in [3.63, 3.8) is 0 Å². The Kier molecular flexibility index (Phi) is 6.09. The molecule has 0 unspecified atom stereocenters. The summed E-state index contributed by atoms with van der Waals surface area (Å²) < 4.78 is 2.08. The number of benzene rings is 1. The number of fused-ring (bicyclic) bond motifs is 1. The van der Waals surface area contributed by atoms with Crippen molar-refractivity contribution in [2.24, 2.45) is 5.92 Å². The van der Waals surface area contributed by atoms with E-state index in [0.29, 0.717) is 18.0 Å². The number of nitrogens with one attached hydrogen (secondary N) is 1. The zero-order valence-electron chi connectivity index (χ0n) is 15.8. The number of Topliss-reactive ketones (excluding diaryl/α,β-unsaturated/α-hetero) is 1. The molecule has 1 aromatic heterocycles. The predicted molar refractivity (Wildman–Crippen MR) is 104 cm³/mol.